The molecule has 1 aromatic carbocycles. The van der Waals surface area contributed by atoms with E-state index in [-0.39, 0.29) is 5.91 Å². The van der Waals surface area contributed by atoms with E-state index in [9.17, 15) is 4.79 Å². The lowest BCUT2D eigenvalue weighted by atomic mass is 9.92. The molecule has 2 fully saturated rings. The first kappa shape index (κ1) is 15.7. The number of fused-ring (bicyclic) bond motifs is 1. The molecule has 1 aromatic heterocycles. The van der Waals surface area contributed by atoms with E-state index in [4.69, 9.17) is 0 Å². The van der Waals surface area contributed by atoms with Crippen LogP contribution in [0.15, 0.2) is 30.3 Å². The number of para-hydroxylation sites is 1. The molecule has 0 atom stereocenters. The molecule has 2 aliphatic rings. The van der Waals surface area contributed by atoms with E-state index in [0.717, 1.165) is 42.9 Å². The van der Waals surface area contributed by atoms with Gasteiger partial charge in [0.05, 0.1) is 0 Å². The molecule has 4 heteroatoms. The SMILES string of the molecule is O=C(NC1CCN(C2CCCCC2)CC1)c1cc2ccccc2[nH]1. The van der Waals surface area contributed by atoms with Crippen molar-refractivity contribution in [3.05, 3.63) is 36.0 Å². The van der Waals surface area contributed by atoms with Crippen molar-refractivity contribution in [3.8, 4) is 0 Å². The summed E-state index contributed by atoms with van der Waals surface area (Å²) in [4.78, 5) is 18.4. The van der Waals surface area contributed by atoms with Crippen molar-refractivity contribution in [2.45, 2.75) is 57.0 Å². The number of aromatic amines is 1. The van der Waals surface area contributed by atoms with Gasteiger partial charge in [-0.15, -0.1) is 0 Å². The topological polar surface area (TPSA) is 48.1 Å². The highest BCUT2D eigenvalue weighted by atomic mass is 16.1. The molecule has 1 saturated heterocycles. The number of rotatable bonds is 3. The van der Waals surface area contributed by atoms with Crippen LogP contribution in [0.25, 0.3) is 10.9 Å². The Balaban J connectivity index is 1.32. The van der Waals surface area contributed by atoms with Crippen LogP contribution in [0, 0.1) is 0 Å². The van der Waals surface area contributed by atoms with Crippen LogP contribution in [0.5, 0.6) is 0 Å². The standard InChI is InChI=1S/C20H27N3O/c24-20(19-14-15-6-4-5-9-18(15)22-19)21-16-10-12-23(13-11-16)17-7-2-1-3-8-17/h4-6,9,14,16-17,22H,1-3,7-8,10-13H2,(H,21,24). The number of nitrogens with one attached hydrogen (secondary N) is 2. The highest BCUT2D eigenvalue weighted by molar-refractivity contribution is 5.98. The number of nitrogens with zero attached hydrogens (tertiary/aromatic N) is 1. The van der Waals surface area contributed by atoms with Crippen molar-refractivity contribution in [1.82, 2.24) is 15.2 Å². The summed E-state index contributed by atoms with van der Waals surface area (Å²) in [6, 6.07) is 11.1. The molecule has 24 heavy (non-hydrogen) atoms. The number of carbonyl (C=O) groups is 1. The van der Waals surface area contributed by atoms with Crippen LogP contribution in [0.1, 0.15) is 55.4 Å². The number of H-pyrrole nitrogens is 1. The third-order valence-electron chi connectivity index (χ3n) is 5.73. The molecule has 0 radical (unpaired) electrons. The fourth-order valence-electron chi connectivity index (χ4n) is 4.31. The van der Waals surface area contributed by atoms with E-state index >= 15 is 0 Å². The summed E-state index contributed by atoms with van der Waals surface area (Å²) in [7, 11) is 0. The van der Waals surface area contributed by atoms with Gasteiger partial charge in [0, 0.05) is 36.1 Å². The second kappa shape index (κ2) is 6.98. The van der Waals surface area contributed by atoms with Crippen molar-refractivity contribution in [2.75, 3.05) is 13.1 Å². The summed E-state index contributed by atoms with van der Waals surface area (Å²) in [5.41, 5.74) is 1.70. The molecule has 0 unspecified atom stereocenters. The Morgan fingerprint density at radius 1 is 1.04 bits per heavy atom. The minimum absolute atomic E-state index is 0.0299. The van der Waals surface area contributed by atoms with E-state index in [1.807, 2.05) is 30.3 Å². The van der Waals surface area contributed by atoms with Gasteiger partial charge in [0.1, 0.15) is 5.69 Å². The Labute approximate surface area is 143 Å². The van der Waals surface area contributed by atoms with Crippen LogP contribution < -0.4 is 5.32 Å². The van der Waals surface area contributed by atoms with E-state index in [2.05, 4.69) is 15.2 Å². The third kappa shape index (κ3) is 3.34. The lowest BCUT2D eigenvalue weighted by molar-refractivity contribution is 0.0861. The zero-order valence-corrected chi connectivity index (χ0v) is 14.3. The van der Waals surface area contributed by atoms with E-state index < -0.39 is 0 Å². The molecule has 1 saturated carbocycles. The number of carbonyl (C=O) groups excluding carboxylic acids is 1. The van der Waals surface area contributed by atoms with Gasteiger partial charge >= 0.3 is 0 Å². The van der Waals surface area contributed by atoms with Gasteiger partial charge in [-0.1, -0.05) is 37.5 Å². The Hall–Kier alpha value is -1.81. The largest absolute Gasteiger partial charge is 0.351 e. The Bertz CT molecular complexity index is 661. The number of hydrogen-bond donors (Lipinski definition) is 2. The van der Waals surface area contributed by atoms with E-state index in [0.29, 0.717) is 11.7 Å². The van der Waals surface area contributed by atoms with E-state index in [1.54, 1.807) is 0 Å². The van der Waals surface area contributed by atoms with Crippen LogP contribution >= 0.6 is 0 Å². The summed E-state index contributed by atoms with van der Waals surface area (Å²) < 4.78 is 0. The Morgan fingerprint density at radius 3 is 2.54 bits per heavy atom. The molecule has 4 rings (SSSR count). The van der Waals surface area contributed by atoms with Crippen molar-refractivity contribution >= 4 is 16.8 Å². The number of amides is 1. The molecular formula is C20H27N3O. The highest BCUT2D eigenvalue weighted by Gasteiger charge is 2.27. The molecular weight excluding hydrogens is 298 g/mol. The predicted molar refractivity (Wildman–Crippen MR) is 97.2 cm³/mol. The maximum absolute atomic E-state index is 12.5. The Kier molecular flexibility index (Phi) is 4.56. The molecule has 2 aromatic rings. The fourth-order valence-corrected chi connectivity index (χ4v) is 4.31. The summed E-state index contributed by atoms with van der Waals surface area (Å²) in [5.74, 6) is 0.0299. The smallest absolute Gasteiger partial charge is 0.267 e. The third-order valence-corrected chi connectivity index (χ3v) is 5.73. The normalized spacial score (nSPS) is 21.2. The van der Waals surface area contributed by atoms with Crippen LogP contribution in [-0.2, 0) is 0 Å². The molecule has 2 N–H and O–H groups in total. The number of hydrogen-bond acceptors (Lipinski definition) is 2. The lowest BCUT2D eigenvalue weighted by Gasteiger charge is -2.39. The van der Waals surface area contributed by atoms with Crippen LogP contribution in [0.4, 0.5) is 0 Å². The summed E-state index contributed by atoms with van der Waals surface area (Å²) in [6.07, 6.45) is 9.07. The number of piperidine rings is 1. The van der Waals surface area contributed by atoms with Gasteiger partial charge < -0.3 is 15.2 Å². The predicted octanol–water partition coefficient (Wildman–Crippen LogP) is 3.69. The average Bonchev–Trinajstić information content (AvgIpc) is 3.07. The maximum atomic E-state index is 12.5. The molecule has 1 aliphatic carbocycles. The van der Waals surface area contributed by atoms with Gasteiger partial charge in [0.2, 0.25) is 0 Å². The van der Waals surface area contributed by atoms with Crippen molar-refractivity contribution < 1.29 is 4.79 Å². The van der Waals surface area contributed by atoms with Crippen molar-refractivity contribution in [1.29, 1.82) is 0 Å². The quantitative estimate of drug-likeness (QED) is 0.904. The molecule has 4 nitrogen and oxygen atoms in total. The van der Waals surface area contributed by atoms with Gasteiger partial charge in [-0.05, 0) is 37.8 Å². The monoisotopic (exact) mass is 325 g/mol. The maximum Gasteiger partial charge on any atom is 0.267 e. The Morgan fingerprint density at radius 2 is 1.79 bits per heavy atom. The minimum Gasteiger partial charge on any atom is -0.351 e. The molecule has 1 amide bonds. The zero-order valence-electron chi connectivity index (χ0n) is 14.3. The number of benzene rings is 1. The molecule has 1 aliphatic heterocycles. The number of likely N-dealkylation sites (tertiary alicyclic amines) is 1. The highest BCUT2D eigenvalue weighted by Crippen LogP contribution is 2.25. The van der Waals surface area contributed by atoms with Gasteiger partial charge in [-0.3, -0.25) is 4.79 Å². The summed E-state index contributed by atoms with van der Waals surface area (Å²) in [6.45, 7) is 2.25. The minimum atomic E-state index is 0.0299. The second-order valence-corrected chi connectivity index (χ2v) is 7.35. The average molecular weight is 325 g/mol. The summed E-state index contributed by atoms with van der Waals surface area (Å²) >= 11 is 0. The zero-order chi connectivity index (χ0) is 16.4. The van der Waals surface area contributed by atoms with Crippen LogP contribution in [0.3, 0.4) is 0 Å². The first-order valence-corrected chi connectivity index (χ1v) is 9.42. The van der Waals surface area contributed by atoms with Crippen LogP contribution in [0.2, 0.25) is 0 Å². The lowest BCUT2D eigenvalue weighted by Crippen LogP contribution is -2.48. The van der Waals surface area contributed by atoms with Gasteiger partial charge in [-0.25, -0.2) is 0 Å². The van der Waals surface area contributed by atoms with Gasteiger partial charge in [0.25, 0.3) is 5.91 Å². The van der Waals surface area contributed by atoms with Crippen molar-refractivity contribution in [3.63, 3.8) is 0 Å². The molecule has 0 bridgehead atoms. The molecule has 128 valence electrons. The van der Waals surface area contributed by atoms with Crippen molar-refractivity contribution in [2.24, 2.45) is 0 Å². The number of aromatic nitrogens is 1. The van der Waals surface area contributed by atoms with Crippen LogP contribution in [-0.4, -0.2) is 41.0 Å². The molecule has 0 spiro atoms. The first-order chi connectivity index (χ1) is 11.8. The summed E-state index contributed by atoms with van der Waals surface area (Å²) in [5, 5.41) is 4.32. The first-order valence-electron chi connectivity index (χ1n) is 9.42. The molecule has 2 heterocycles. The van der Waals surface area contributed by atoms with Gasteiger partial charge in [-0.2, -0.15) is 0 Å². The van der Waals surface area contributed by atoms with Gasteiger partial charge in [0.15, 0.2) is 0 Å². The fraction of sp³-hybridized carbons (Fsp3) is 0.550. The van der Waals surface area contributed by atoms with E-state index in [1.165, 1.54) is 32.1 Å². The second-order valence-electron chi connectivity index (χ2n) is 7.35.